The number of methoxy groups -OCH3 is 1. The van der Waals surface area contributed by atoms with E-state index in [1.54, 1.807) is 25.7 Å². The van der Waals surface area contributed by atoms with Gasteiger partial charge < -0.3 is 20.1 Å². The van der Waals surface area contributed by atoms with Crippen molar-refractivity contribution in [3.63, 3.8) is 0 Å². The number of benzene rings is 1. The van der Waals surface area contributed by atoms with E-state index in [0.29, 0.717) is 24.6 Å². The van der Waals surface area contributed by atoms with Crippen LogP contribution in [0.5, 0.6) is 5.75 Å². The van der Waals surface area contributed by atoms with E-state index in [9.17, 15) is 23.2 Å². The van der Waals surface area contributed by atoms with Crippen molar-refractivity contribution in [2.75, 3.05) is 26.8 Å². The highest BCUT2D eigenvalue weighted by Crippen LogP contribution is 2.24. The summed E-state index contributed by atoms with van der Waals surface area (Å²) in [5, 5.41) is 9.34. The molecule has 1 aromatic carbocycles. The average Bonchev–Trinajstić information content (AvgIpc) is 2.79. The van der Waals surface area contributed by atoms with E-state index in [4.69, 9.17) is 15.2 Å². The normalized spacial score (nSPS) is 19.4. The number of nitrogens with one attached hydrogen (secondary N) is 1. The second-order valence-electron chi connectivity index (χ2n) is 9.74. The van der Waals surface area contributed by atoms with Gasteiger partial charge >= 0.3 is 0 Å². The van der Waals surface area contributed by atoms with Crippen molar-refractivity contribution in [3.8, 4) is 5.75 Å². The molecule has 1 aromatic rings. The summed E-state index contributed by atoms with van der Waals surface area (Å²) in [5.74, 6) is -0.422. The molecule has 2 rings (SSSR count). The predicted molar refractivity (Wildman–Crippen MR) is 136 cm³/mol. The number of halogens is 1. The molecule has 11 nitrogen and oxygen atoms in total. The molecule has 0 spiro atoms. The second kappa shape index (κ2) is 13.5. The molecule has 1 saturated heterocycles. The molecule has 3 unspecified atom stereocenters. The molecule has 0 aliphatic carbocycles. The number of hydroxylamine groups is 1. The van der Waals surface area contributed by atoms with Crippen LogP contribution in [0.15, 0.2) is 29.2 Å². The zero-order chi connectivity index (χ0) is 26.4. The molecule has 0 radical (unpaired) electrons. The monoisotopic (exact) mass is 550 g/mol. The molecule has 1 aliphatic heterocycles. The number of hydrogen-bond donors (Lipinski definition) is 3. The fourth-order valence-corrected chi connectivity index (χ4v) is 5.44. The minimum atomic E-state index is -4.27. The Hall–Kier alpha value is -1.96. The number of rotatable bonds is 10. The Labute approximate surface area is 219 Å². The number of nitrogens with zero attached hydrogens (tertiary/aromatic N) is 2. The van der Waals surface area contributed by atoms with Gasteiger partial charge in [-0.15, -0.1) is 12.4 Å². The van der Waals surface area contributed by atoms with Gasteiger partial charge in [0.2, 0.25) is 15.9 Å². The van der Waals surface area contributed by atoms with Gasteiger partial charge in [-0.25, -0.2) is 13.9 Å². The molecular formula is C23H39ClN4O7S. The van der Waals surface area contributed by atoms with Crippen LogP contribution in [0, 0.1) is 5.92 Å². The van der Waals surface area contributed by atoms with Gasteiger partial charge in [0.15, 0.2) is 0 Å². The maximum absolute atomic E-state index is 13.6. The van der Waals surface area contributed by atoms with Crippen LogP contribution >= 0.6 is 12.4 Å². The molecule has 0 bridgehead atoms. The first-order valence-corrected chi connectivity index (χ1v) is 13.0. The Kier molecular flexibility index (Phi) is 12.1. The zero-order valence-corrected chi connectivity index (χ0v) is 23.1. The van der Waals surface area contributed by atoms with Gasteiger partial charge in [0.25, 0.3) is 5.91 Å². The molecule has 13 heteroatoms. The summed E-state index contributed by atoms with van der Waals surface area (Å²) in [6.07, 6.45) is 0.831. The third-order valence-corrected chi connectivity index (χ3v) is 7.80. The number of carbonyl (C=O) groups excluding carboxylic acids is 2. The van der Waals surface area contributed by atoms with Crippen molar-refractivity contribution in [2.24, 2.45) is 11.7 Å². The molecule has 3 atom stereocenters. The van der Waals surface area contributed by atoms with Crippen molar-refractivity contribution in [2.45, 2.75) is 69.7 Å². The lowest BCUT2D eigenvalue weighted by molar-refractivity contribution is -0.139. The Bertz CT molecular complexity index is 970. The maximum atomic E-state index is 13.6. The summed E-state index contributed by atoms with van der Waals surface area (Å²) in [7, 11) is -2.82. The van der Waals surface area contributed by atoms with Crippen LogP contribution in [0.1, 0.15) is 47.0 Å². The number of sulfonamides is 1. The maximum Gasteiger partial charge on any atom is 0.264 e. The van der Waals surface area contributed by atoms with Crippen molar-refractivity contribution < 1.29 is 32.7 Å². The number of nitrogens with two attached hydrogens (primary N) is 1. The molecule has 1 heterocycles. The van der Waals surface area contributed by atoms with Gasteiger partial charge in [-0.1, -0.05) is 6.92 Å². The Balaban J connectivity index is 0.00000648. The van der Waals surface area contributed by atoms with Gasteiger partial charge in [0.05, 0.1) is 30.4 Å². The Morgan fingerprint density at radius 2 is 1.89 bits per heavy atom. The molecule has 1 fully saturated rings. The second-order valence-corrected chi connectivity index (χ2v) is 11.6. The van der Waals surface area contributed by atoms with Crippen molar-refractivity contribution >= 4 is 34.2 Å². The van der Waals surface area contributed by atoms with E-state index >= 15 is 0 Å². The third-order valence-electron chi connectivity index (χ3n) is 5.87. The first-order chi connectivity index (χ1) is 16.3. The standard InChI is InChI=1S/C23H38N4O7S.ClH/c1-16-10-12-26(20(24)14-16)21(28)11-13-27(19(22(29)25-30)15-34-23(2,3)4)35(31,32)18-8-6-17(33-5)7-9-18;/h6-9,16,19-20,30H,10-15,24H2,1-5H3,(H,25,29);1H. The smallest absolute Gasteiger partial charge is 0.264 e. The molecule has 36 heavy (non-hydrogen) atoms. The van der Waals surface area contributed by atoms with E-state index < -0.39 is 33.7 Å². The lowest BCUT2D eigenvalue weighted by Gasteiger charge is -2.37. The summed E-state index contributed by atoms with van der Waals surface area (Å²) in [5.41, 5.74) is 6.99. The van der Waals surface area contributed by atoms with E-state index in [1.165, 1.54) is 36.9 Å². The van der Waals surface area contributed by atoms with Crippen molar-refractivity contribution in [1.29, 1.82) is 0 Å². The first-order valence-electron chi connectivity index (χ1n) is 11.6. The van der Waals surface area contributed by atoms with Gasteiger partial charge in [-0.3, -0.25) is 14.8 Å². The third kappa shape index (κ3) is 8.56. The number of hydrogen-bond acceptors (Lipinski definition) is 8. The minimum absolute atomic E-state index is 0. The van der Waals surface area contributed by atoms with Crippen LogP contribution in [-0.2, 0) is 24.3 Å². The van der Waals surface area contributed by atoms with Gasteiger partial charge in [0, 0.05) is 19.5 Å². The summed E-state index contributed by atoms with van der Waals surface area (Å²) in [6.45, 7) is 7.18. The molecule has 1 aliphatic rings. The summed E-state index contributed by atoms with van der Waals surface area (Å²) >= 11 is 0. The van der Waals surface area contributed by atoms with Gasteiger partial charge in [-0.05, 0) is 63.8 Å². The highest BCUT2D eigenvalue weighted by molar-refractivity contribution is 7.89. The fourth-order valence-electron chi connectivity index (χ4n) is 3.86. The zero-order valence-electron chi connectivity index (χ0n) is 21.5. The highest BCUT2D eigenvalue weighted by Gasteiger charge is 2.38. The van der Waals surface area contributed by atoms with E-state index in [2.05, 4.69) is 6.92 Å². The lowest BCUT2D eigenvalue weighted by Crippen LogP contribution is -2.54. The van der Waals surface area contributed by atoms with Crippen LogP contribution in [0.25, 0.3) is 0 Å². The number of carbonyl (C=O) groups is 2. The average molecular weight is 551 g/mol. The van der Waals surface area contributed by atoms with Gasteiger partial charge in [-0.2, -0.15) is 4.31 Å². The van der Waals surface area contributed by atoms with Crippen LogP contribution in [-0.4, -0.2) is 79.3 Å². The molecule has 0 saturated carbocycles. The first kappa shape index (κ1) is 32.1. The highest BCUT2D eigenvalue weighted by atomic mass is 35.5. The molecule has 4 N–H and O–H groups in total. The van der Waals surface area contributed by atoms with Crippen LogP contribution in [0.3, 0.4) is 0 Å². The van der Waals surface area contributed by atoms with Crippen LogP contribution < -0.4 is 16.0 Å². The number of amides is 2. The summed E-state index contributed by atoms with van der Waals surface area (Å²) < 4.78 is 39.0. The fraction of sp³-hybridized carbons (Fsp3) is 0.652. The summed E-state index contributed by atoms with van der Waals surface area (Å²) in [6, 6.07) is 4.25. The number of ether oxygens (including phenoxy) is 2. The molecule has 206 valence electrons. The van der Waals surface area contributed by atoms with Crippen molar-refractivity contribution in [1.82, 2.24) is 14.7 Å². The van der Waals surface area contributed by atoms with E-state index in [-0.39, 0.29) is 42.8 Å². The Morgan fingerprint density at radius 3 is 2.39 bits per heavy atom. The largest absolute Gasteiger partial charge is 0.497 e. The van der Waals surface area contributed by atoms with Crippen LogP contribution in [0.4, 0.5) is 0 Å². The minimum Gasteiger partial charge on any atom is -0.497 e. The lowest BCUT2D eigenvalue weighted by atomic mass is 9.96. The number of likely N-dealkylation sites (tertiary alicyclic amines) is 1. The van der Waals surface area contributed by atoms with E-state index in [0.717, 1.165) is 10.7 Å². The quantitative estimate of drug-likeness (QED) is 0.294. The van der Waals surface area contributed by atoms with Crippen molar-refractivity contribution in [3.05, 3.63) is 24.3 Å². The van der Waals surface area contributed by atoms with Crippen LogP contribution in [0.2, 0.25) is 0 Å². The predicted octanol–water partition coefficient (Wildman–Crippen LogP) is 1.73. The van der Waals surface area contributed by atoms with E-state index in [1.807, 2.05) is 0 Å². The Morgan fingerprint density at radius 1 is 1.28 bits per heavy atom. The molecular weight excluding hydrogens is 512 g/mol. The number of piperidine rings is 1. The molecule has 0 aromatic heterocycles. The topological polar surface area (TPSA) is 152 Å². The summed E-state index contributed by atoms with van der Waals surface area (Å²) in [4.78, 5) is 27.0. The van der Waals surface area contributed by atoms with Gasteiger partial charge in [0.1, 0.15) is 11.8 Å². The SMILES string of the molecule is COc1ccc(S(=O)(=O)N(CCC(=O)N2CCC(C)CC2N)C(COC(C)(C)C)C(=O)NO)cc1.Cl. The molecule has 2 amide bonds.